The van der Waals surface area contributed by atoms with Crippen molar-refractivity contribution in [2.75, 3.05) is 33.4 Å². The number of sulfonamides is 1. The van der Waals surface area contributed by atoms with Crippen molar-refractivity contribution >= 4 is 15.9 Å². The van der Waals surface area contributed by atoms with Gasteiger partial charge in [0.05, 0.1) is 11.4 Å². The van der Waals surface area contributed by atoms with E-state index in [1.165, 1.54) is 4.31 Å². The summed E-state index contributed by atoms with van der Waals surface area (Å²) in [5, 5.41) is 9.56. The van der Waals surface area contributed by atoms with Crippen molar-refractivity contribution in [2.45, 2.75) is 38.0 Å². The number of carbonyl (C=O) groups is 1. The van der Waals surface area contributed by atoms with Gasteiger partial charge in [-0.1, -0.05) is 0 Å². The zero-order valence-electron chi connectivity index (χ0n) is 14.5. The molecule has 1 fully saturated rings. The van der Waals surface area contributed by atoms with Crippen LogP contribution in [0.5, 0.6) is 0 Å². The Labute approximate surface area is 143 Å². The zero-order valence-corrected chi connectivity index (χ0v) is 15.3. The molecule has 1 amide bonds. The van der Waals surface area contributed by atoms with Crippen LogP contribution >= 0.6 is 0 Å². The predicted octanol–water partition coefficient (Wildman–Crippen LogP) is 0.580. The molecule has 1 aromatic rings. The first-order valence-electron chi connectivity index (χ1n) is 8.16. The topological polar surface area (TPSA) is 104 Å². The van der Waals surface area contributed by atoms with Gasteiger partial charge in [0.25, 0.3) is 0 Å². The number of aromatic amines is 1. The monoisotopic (exact) mass is 358 g/mol. The van der Waals surface area contributed by atoms with E-state index in [0.717, 1.165) is 6.42 Å². The van der Waals surface area contributed by atoms with Crippen molar-refractivity contribution in [3.8, 4) is 0 Å². The largest absolute Gasteiger partial charge is 0.385 e. The van der Waals surface area contributed by atoms with E-state index in [9.17, 15) is 13.2 Å². The van der Waals surface area contributed by atoms with Gasteiger partial charge in [-0.25, -0.2) is 8.42 Å². The van der Waals surface area contributed by atoms with Crippen LogP contribution in [0.15, 0.2) is 4.90 Å². The molecule has 1 aromatic heterocycles. The molecule has 0 saturated carbocycles. The van der Waals surface area contributed by atoms with Crippen molar-refractivity contribution in [1.82, 2.24) is 19.8 Å². The number of ether oxygens (including phenoxy) is 1. The molecule has 1 aliphatic heterocycles. The number of amides is 1. The fourth-order valence-electron chi connectivity index (χ4n) is 2.98. The fraction of sp³-hybridized carbons (Fsp3) is 0.733. The Bertz CT molecular complexity index is 644. The predicted molar refractivity (Wildman–Crippen MR) is 89.0 cm³/mol. The molecule has 0 spiro atoms. The minimum atomic E-state index is -3.56. The Morgan fingerprint density at radius 3 is 2.58 bits per heavy atom. The van der Waals surface area contributed by atoms with Crippen LogP contribution in [0.1, 0.15) is 30.7 Å². The number of hydrogen-bond donors (Lipinski definition) is 2. The summed E-state index contributed by atoms with van der Waals surface area (Å²) in [6, 6.07) is 0. The van der Waals surface area contributed by atoms with E-state index < -0.39 is 10.0 Å². The van der Waals surface area contributed by atoms with Gasteiger partial charge in [-0.15, -0.1) is 0 Å². The number of aryl methyl sites for hydroxylation is 2. The van der Waals surface area contributed by atoms with Gasteiger partial charge in [-0.05, 0) is 33.1 Å². The smallest absolute Gasteiger partial charge is 0.246 e. The van der Waals surface area contributed by atoms with Crippen LogP contribution in [0.25, 0.3) is 0 Å². The number of H-pyrrole nitrogens is 1. The van der Waals surface area contributed by atoms with Crippen molar-refractivity contribution in [1.29, 1.82) is 0 Å². The third kappa shape index (κ3) is 4.14. The van der Waals surface area contributed by atoms with Gasteiger partial charge in [-0.3, -0.25) is 9.89 Å². The number of aromatic nitrogens is 2. The highest BCUT2D eigenvalue weighted by Gasteiger charge is 2.34. The maximum atomic E-state index is 12.8. The second-order valence-electron chi connectivity index (χ2n) is 6.08. The Morgan fingerprint density at radius 2 is 2.04 bits per heavy atom. The van der Waals surface area contributed by atoms with Crippen LogP contribution in [0.3, 0.4) is 0 Å². The first kappa shape index (κ1) is 18.9. The van der Waals surface area contributed by atoms with Crippen molar-refractivity contribution in [2.24, 2.45) is 5.92 Å². The summed E-state index contributed by atoms with van der Waals surface area (Å²) in [4.78, 5) is 12.4. The van der Waals surface area contributed by atoms with E-state index in [4.69, 9.17) is 4.74 Å². The molecule has 1 aliphatic rings. The van der Waals surface area contributed by atoms with Gasteiger partial charge < -0.3 is 10.1 Å². The number of rotatable bonds is 7. The lowest BCUT2D eigenvalue weighted by Gasteiger charge is -2.30. The quantitative estimate of drug-likeness (QED) is 0.694. The number of nitrogens with one attached hydrogen (secondary N) is 2. The molecule has 9 heteroatoms. The molecule has 2 heterocycles. The van der Waals surface area contributed by atoms with Gasteiger partial charge >= 0.3 is 0 Å². The van der Waals surface area contributed by atoms with E-state index in [1.807, 2.05) is 0 Å². The minimum Gasteiger partial charge on any atom is -0.385 e. The molecular formula is C15H26N4O4S. The van der Waals surface area contributed by atoms with Gasteiger partial charge in [0.2, 0.25) is 15.9 Å². The van der Waals surface area contributed by atoms with Gasteiger partial charge in [-0.2, -0.15) is 9.40 Å². The average molecular weight is 358 g/mol. The Morgan fingerprint density at radius 1 is 1.38 bits per heavy atom. The molecule has 2 rings (SSSR count). The molecule has 136 valence electrons. The summed E-state index contributed by atoms with van der Waals surface area (Å²) in [5.41, 5.74) is 1.02. The van der Waals surface area contributed by atoms with Crippen LogP contribution < -0.4 is 5.32 Å². The highest BCUT2D eigenvalue weighted by molar-refractivity contribution is 7.89. The van der Waals surface area contributed by atoms with Gasteiger partial charge in [0.1, 0.15) is 4.90 Å². The summed E-state index contributed by atoms with van der Waals surface area (Å²) < 4.78 is 31.9. The first-order valence-corrected chi connectivity index (χ1v) is 9.60. The molecule has 8 nitrogen and oxygen atoms in total. The maximum Gasteiger partial charge on any atom is 0.246 e. The normalized spacial score (nSPS) is 17.1. The second kappa shape index (κ2) is 8.09. The van der Waals surface area contributed by atoms with Crippen LogP contribution in [-0.2, 0) is 19.6 Å². The molecule has 0 atom stereocenters. The van der Waals surface area contributed by atoms with Crippen LogP contribution in [0, 0.1) is 19.8 Å². The summed E-state index contributed by atoms with van der Waals surface area (Å²) in [6.07, 6.45) is 1.84. The number of piperidine rings is 1. The molecule has 0 unspecified atom stereocenters. The zero-order chi connectivity index (χ0) is 17.7. The molecule has 24 heavy (non-hydrogen) atoms. The highest BCUT2D eigenvalue weighted by atomic mass is 32.2. The van der Waals surface area contributed by atoms with Crippen LogP contribution in [0.4, 0.5) is 0 Å². The molecule has 0 aliphatic carbocycles. The van der Waals surface area contributed by atoms with E-state index in [1.54, 1.807) is 21.0 Å². The fourth-order valence-corrected chi connectivity index (χ4v) is 4.78. The third-order valence-corrected chi connectivity index (χ3v) is 6.47. The summed E-state index contributed by atoms with van der Waals surface area (Å²) in [5.74, 6) is -0.135. The molecule has 1 saturated heterocycles. The van der Waals surface area contributed by atoms with E-state index in [0.29, 0.717) is 50.5 Å². The number of carbonyl (C=O) groups excluding carboxylic acids is 1. The Hall–Kier alpha value is -1.45. The molecule has 0 bridgehead atoms. The molecular weight excluding hydrogens is 332 g/mol. The Balaban J connectivity index is 1.92. The Kier molecular flexibility index (Phi) is 6.36. The second-order valence-corrected chi connectivity index (χ2v) is 7.95. The highest BCUT2D eigenvalue weighted by Crippen LogP contribution is 2.26. The van der Waals surface area contributed by atoms with Crippen LogP contribution in [0.2, 0.25) is 0 Å². The standard InChI is InChI=1S/C15H26N4O4S/c1-11-14(12(2)18-17-11)24(21,22)19-8-5-13(6-9-19)15(20)16-7-4-10-23-3/h13H,4-10H2,1-3H3,(H,16,20)(H,17,18). The lowest BCUT2D eigenvalue weighted by atomic mass is 9.97. The molecule has 2 N–H and O–H groups in total. The minimum absolute atomic E-state index is 0.00109. The number of nitrogens with zero attached hydrogens (tertiary/aromatic N) is 2. The van der Waals surface area contributed by atoms with Crippen molar-refractivity contribution < 1.29 is 17.9 Å². The number of methoxy groups -OCH3 is 1. The molecule has 0 aromatic carbocycles. The number of hydrogen-bond acceptors (Lipinski definition) is 5. The van der Waals surface area contributed by atoms with E-state index in [-0.39, 0.29) is 16.7 Å². The first-order chi connectivity index (χ1) is 11.4. The SMILES string of the molecule is COCCCNC(=O)C1CCN(S(=O)(=O)c2c(C)n[nH]c2C)CC1. The van der Waals surface area contributed by atoms with E-state index >= 15 is 0 Å². The average Bonchev–Trinajstić information content (AvgIpc) is 2.91. The summed E-state index contributed by atoms with van der Waals surface area (Å²) in [7, 11) is -1.94. The van der Waals surface area contributed by atoms with Gasteiger partial charge in [0.15, 0.2) is 0 Å². The maximum absolute atomic E-state index is 12.8. The lowest BCUT2D eigenvalue weighted by Crippen LogP contribution is -2.43. The van der Waals surface area contributed by atoms with Gasteiger partial charge in [0, 0.05) is 39.3 Å². The van der Waals surface area contributed by atoms with Crippen molar-refractivity contribution in [3.05, 3.63) is 11.4 Å². The van der Waals surface area contributed by atoms with Crippen LogP contribution in [-0.4, -0.2) is 62.2 Å². The summed E-state index contributed by atoms with van der Waals surface area (Å²) >= 11 is 0. The van der Waals surface area contributed by atoms with Crippen molar-refractivity contribution in [3.63, 3.8) is 0 Å². The lowest BCUT2D eigenvalue weighted by molar-refractivity contribution is -0.126. The molecule has 0 radical (unpaired) electrons. The third-order valence-electron chi connectivity index (χ3n) is 4.31. The summed E-state index contributed by atoms with van der Waals surface area (Å²) in [6.45, 7) is 5.27. The van der Waals surface area contributed by atoms with E-state index in [2.05, 4.69) is 15.5 Å².